The number of nitrogen functional groups attached to an aromatic ring is 1. The number of likely N-dealkylation sites (tertiary alicyclic amines) is 1. The second-order valence-electron chi connectivity index (χ2n) is 6.71. The SMILES string of the molecule is COCCN1CC[C@@H](CNC(=O)c2ccc(-c3cc(N)ccn3)cc2)C1. The van der Waals surface area contributed by atoms with Gasteiger partial charge in [-0.3, -0.25) is 9.78 Å². The first-order valence-corrected chi connectivity index (χ1v) is 8.97. The van der Waals surface area contributed by atoms with Gasteiger partial charge in [0.15, 0.2) is 0 Å². The molecule has 26 heavy (non-hydrogen) atoms. The maximum Gasteiger partial charge on any atom is 0.251 e. The Bertz CT molecular complexity index is 733. The second-order valence-corrected chi connectivity index (χ2v) is 6.71. The highest BCUT2D eigenvalue weighted by molar-refractivity contribution is 5.94. The van der Waals surface area contributed by atoms with Gasteiger partial charge in [0, 0.05) is 49.8 Å². The molecule has 1 fully saturated rings. The first kappa shape index (κ1) is 18.4. The molecule has 0 radical (unpaired) electrons. The quantitative estimate of drug-likeness (QED) is 0.795. The molecule has 6 heteroatoms. The van der Waals surface area contributed by atoms with Crippen LogP contribution in [-0.4, -0.2) is 55.7 Å². The Balaban J connectivity index is 1.51. The van der Waals surface area contributed by atoms with E-state index in [1.807, 2.05) is 30.3 Å². The van der Waals surface area contributed by atoms with E-state index >= 15 is 0 Å². The average Bonchev–Trinajstić information content (AvgIpc) is 3.12. The van der Waals surface area contributed by atoms with Crippen molar-refractivity contribution in [2.75, 3.05) is 45.6 Å². The maximum atomic E-state index is 12.4. The highest BCUT2D eigenvalue weighted by Crippen LogP contribution is 2.19. The van der Waals surface area contributed by atoms with Gasteiger partial charge in [0.05, 0.1) is 12.3 Å². The molecular formula is C20H26N4O2. The summed E-state index contributed by atoms with van der Waals surface area (Å²) in [5.74, 6) is 0.471. The van der Waals surface area contributed by atoms with Crippen LogP contribution in [0.2, 0.25) is 0 Å². The van der Waals surface area contributed by atoms with Crippen molar-refractivity contribution in [1.82, 2.24) is 15.2 Å². The zero-order valence-corrected chi connectivity index (χ0v) is 15.1. The van der Waals surface area contributed by atoms with Gasteiger partial charge in [0.2, 0.25) is 0 Å². The highest BCUT2D eigenvalue weighted by atomic mass is 16.5. The standard InChI is InChI=1S/C20H26N4O2/c1-26-11-10-24-9-7-15(14-24)13-23-20(25)17-4-2-16(3-5-17)19-12-18(21)6-8-22-19/h2-6,8,12,15H,7,9-11,13-14H2,1H3,(H2,21,22)(H,23,25)/t15-/m0/s1. The number of nitrogens with one attached hydrogen (secondary N) is 1. The Morgan fingerprint density at radius 3 is 2.88 bits per heavy atom. The van der Waals surface area contributed by atoms with E-state index in [1.165, 1.54) is 0 Å². The van der Waals surface area contributed by atoms with Crippen LogP contribution >= 0.6 is 0 Å². The summed E-state index contributed by atoms with van der Waals surface area (Å²) >= 11 is 0. The zero-order valence-electron chi connectivity index (χ0n) is 15.1. The van der Waals surface area contributed by atoms with Crippen molar-refractivity contribution in [3.63, 3.8) is 0 Å². The molecule has 0 saturated carbocycles. The van der Waals surface area contributed by atoms with Crippen LogP contribution in [0.1, 0.15) is 16.8 Å². The molecule has 1 aliphatic heterocycles. The van der Waals surface area contributed by atoms with Gasteiger partial charge in [0.25, 0.3) is 5.91 Å². The molecule has 1 amide bonds. The summed E-state index contributed by atoms with van der Waals surface area (Å²) in [6.07, 6.45) is 2.80. The van der Waals surface area contributed by atoms with E-state index < -0.39 is 0 Å². The number of ether oxygens (including phenoxy) is 1. The molecule has 1 aromatic carbocycles. The summed E-state index contributed by atoms with van der Waals surface area (Å²) in [5.41, 5.74) is 8.88. The number of benzene rings is 1. The van der Waals surface area contributed by atoms with Crippen LogP contribution in [0.25, 0.3) is 11.3 Å². The number of nitrogens with zero attached hydrogens (tertiary/aromatic N) is 2. The Hall–Kier alpha value is -2.44. The van der Waals surface area contributed by atoms with E-state index in [9.17, 15) is 4.79 Å². The molecular weight excluding hydrogens is 328 g/mol. The summed E-state index contributed by atoms with van der Waals surface area (Å²) in [6, 6.07) is 11.0. The minimum atomic E-state index is -0.0348. The van der Waals surface area contributed by atoms with Gasteiger partial charge >= 0.3 is 0 Å². The van der Waals surface area contributed by atoms with E-state index in [0.717, 1.165) is 43.9 Å². The number of carbonyl (C=O) groups is 1. The lowest BCUT2D eigenvalue weighted by atomic mass is 10.1. The van der Waals surface area contributed by atoms with Gasteiger partial charge in [-0.15, -0.1) is 0 Å². The number of hydrogen-bond donors (Lipinski definition) is 2. The predicted molar refractivity (Wildman–Crippen MR) is 103 cm³/mol. The lowest BCUT2D eigenvalue weighted by Crippen LogP contribution is -2.31. The van der Waals surface area contributed by atoms with Crippen LogP contribution in [0.15, 0.2) is 42.6 Å². The van der Waals surface area contributed by atoms with Gasteiger partial charge in [0.1, 0.15) is 0 Å². The second kappa shape index (κ2) is 8.78. The minimum absolute atomic E-state index is 0.0348. The van der Waals surface area contributed by atoms with Crippen molar-refractivity contribution >= 4 is 11.6 Å². The van der Waals surface area contributed by atoms with Gasteiger partial charge in [-0.2, -0.15) is 0 Å². The summed E-state index contributed by atoms with van der Waals surface area (Å²) in [7, 11) is 1.72. The van der Waals surface area contributed by atoms with Crippen molar-refractivity contribution in [3.05, 3.63) is 48.2 Å². The van der Waals surface area contributed by atoms with Crippen LogP contribution in [0, 0.1) is 5.92 Å². The lowest BCUT2D eigenvalue weighted by Gasteiger charge is -2.15. The number of amides is 1. The number of nitrogens with two attached hydrogens (primary N) is 1. The highest BCUT2D eigenvalue weighted by Gasteiger charge is 2.22. The van der Waals surface area contributed by atoms with E-state index in [0.29, 0.717) is 23.7 Å². The molecule has 1 aliphatic rings. The number of anilines is 1. The Morgan fingerprint density at radius 2 is 2.15 bits per heavy atom. The predicted octanol–water partition coefficient (Wildman–Crippen LogP) is 2.03. The number of methoxy groups -OCH3 is 1. The molecule has 0 unspecified atom stereocenters. The monoisotopic (exact) mass is 354 g/mol. The number of aromatic nitrogens is 1. The molecule has 0 bridgehead atoms. The Labute approximate surface area is 154 Å². The number of pyridine rings is 1. The molecule has 0 aliphatic carbocycles. The first-order chi connectivity index (χ1) is 12.7. The topological polar surface area (TPSA) is 80.5 Å². The van der Waals surface area contributed by atoms with Crippen LogP contribution in [0.3, 0.4) is 0 Å². The van der Waals surface area contributed by atoms with Crippen molar-refractivity contribution in [1.29, 1.82) is 0 Å². The fourth-order valence-corrected chi connectivity index (χ4v) is 3.24. The molecule has 6 nitrogen and oxygen atoms in total. The minimum Gasteiger partial charge on any atom is -0.399 e. The van der Waals surface area contributed by atoms with E-state index in [4.69, 9.17) is 10.5 Å². The van der Waals surface area contributed by atoms with Crippen LogP contribution in [0.5, 0.6) is 0 Å². The smallest absolute Gasteiger partial charge is 0.251 e. The molecule has 138 valence electrons. The normalized spacial score (nSPS) is 17.3. The van der Waals surface area contributed by atoms with Crippen molar-refractivity contribution < 1.29 is 9.53 Å². The van der Waals surface area contributed by atoms with E-state index in [1.54, 1.807) is 19.4 Å². The number of rotatable bonds is 7. The lowest BCUT2D eigenvalue weighted by molar-refractivity contribution is 0.0946. The number of hydrogen-bond acceptors (Lipinski definition) is 5. The van der Waals surface area contributed by atoms with Crippen LogP contribution < -0.4 is 11.1 Å². The first-order valence-electron chi connectivity index (χ1n) is 8.97. The molecule has 3 rings (SSSR count). The van der Waals surface area contributed by atoms with Gasteiger partial charge in [-0.25, -0.2) is 0 Å². The molecule has 2 aromatic rings. The largest absolute Gasteiger partial charge is 0.399 e. The van der Waals surface area contributed by atoms with Crippen molar-refractivity contribution in [3.8, 4) is 11.3 Å². The van der Waals surface area contributed by atoms with E-state index in [-0.39, 0.29) is 5.91 Å². The summed E-state index contributed by atoms with van der Waals surface area (Å²) < 4.78 is 5.12. The zero-order chi connectivity index (χ0) is 18.4. The Morgan fingerprint density at radius 1 is 1.35 bits per heavy atom. The van der Waals surface area contributed by atoms with Gasteiger partial charge in [-0.05, 0) is 43.1 Å². The average molecular weight is 354 g/mol. The summed E-state index contributed by atoms with van der Waals surface area (Å²) in [4.78, 5) is 19.1. The van der Waals surface area contributed by atoms with Crippen LogP contribution in [-0.2, 0) is 4.74 Å². The Kier molecular flexibility index (Phi) is 6.20. The molecule has 1 aromatic heterocycles. The molecule has 2 heterocycles. The fourth-order valence-electron chi connectivity index (χ4n) is 3.24. The fraction of sp³-hybridized carbons (Fsp3) is 0.400. The van der Waals surface area contributed by atoms with Gasteiger partial charge < -0.3 is 20.7 Å². The molecule has 1 saturated heterocycles. The van der Waals surface area contributed by atoms with Crippen molar-refractivity contribution in [2.45, 2.75) is 6.42 Å². The molecule has 1 atom stereocenters. The third-order valence-corrected chi connectivity index (χ3v) is 4.76. The van der Waals surface area contributed by atoms with E-state index in [2.05, 4.69) is 15.2 Å². The van der Waals surface area contributed by atoms with Crippen molar-refractivity contribution in [2.24, 2.45) is 5.92 Å². The molecule has 3 N–H and O–H groups in total. The number of carbonyl (C=O) groups excluding carboxylic acids is 1. The van der Waals surface area contributed by atoms with Crippen LogP contribution in [0.4, 0.5) is 5.69 Å². The third kappa shape index (κ3) is 4.80. The molecule has 0 spiro atoms. The summed E-state index contributed by atoms with van der Waals surface area (Å²) in [6.45, 7) is 4.52. The third-order valence-electron chi connectivity index (χ3n) is 4.76. The summed E-state index contributed by atoms with van der Waals surface area (Å²) in [5, 5.41) is 3.05. The van der Waals surface area contributed by atoms with Gasteiger partial charge in [-0.1, -0.05) is 12.1 Å². The maximum absolute atomic E-state index is 12.4.